The zero-order chi connectivity index (χ0) is 16.2. The van der Waals surface area contributed by atoms with Crippen LogP contribution in [0.25, 0.3) is 0 Å². The minimum atomic E-state index is -3.86. The summed E-state index contributed by atoms with van der Waals surface area (Å²) < 4.78 is 30.8. The van der Waals surface area contributed by atoms with Gasteiger partial charge < -0.3 is 10.5 Å². The Bertz CT molecular complexity index is 608. The lowest BCUT2D eigenvalue weighted by Gasteiger charge is -2.21. The molecular weight excluding hydrogens is 316 g/mol. The maximum absolute atomic E-state index is 12.6. The summed E-state index contributed by atoms with van der Waals surface area (Å²) in [5.41, 5.74) is 6.66. The van der Waals surface area contributed by atoms with Crippen LogP contribution >= 0.6 is 11.6 Å². The number of sulfonamides is 1. The van der Waals surface area contributed by atoms with Crippen LogP contribution < -0.4 is 5.73 Å². The van der Waals surface area contributed by atoms with E-state index in [9.17, 15) is 13.2 Å². The number of benzene rings is 1. The number of carbonyl (C=O) groups is 1. The highest BCUT2D eigenvalue weighted by molar-refractivity contribution is 7.89. The standard InChI is InChI=1S/C13H19ClN2O4S/c1-4-5-16(8-13(17)20-3)21(18,19)10-6-11(14)9(2)12(15)7-10/h6-7H,4-5,8,15H2,1-3H3. The van der Waals surface area contributed by atoms with Crippen LogP contribution in [0, 0.1) is 6.92 Å². The van der Waals surface area contributed by atoms with E-state index in [2.05, 4.69) is 4.74 Å². The first-order valence-corrected chi connectivity index (χ1v) is 8.18. The van der Waals surface area contributed by atoms with Crippen molar-refractivity contribution in [2.24, 2.45) is 0 Å². The second-order valence-electron chi connectivity index (χ2n) is 4.53. The molecule has 1 aromatic carbocycles. The highest BCUT2D eigenvalue weighted by Gasteiger charge is 2.27. The number of nitrogens with zero attached hydrogens (tertiary/aromatic N) is 1. The van der Waals surface area contributed by atoms with Crippen molar-refractivity contribution in [3.63, 3.8) is 0 Å². The molecule has 6 nitrogen and oxygen atoms in total. The second kappa shape index (κ2) is 7.11. The Kier molecular flexibility index (Phi) is 6.00. The van der Waals surface area contributed by atoms with Gasteiger partial charge >= 0.3 is 5.97 Å². The van der Waals surface area contributed by atoms with Crippen LogP contribution in [0.1, 0.15) is 18.9 Å². The van der Waals surface area contributed by atoms with Gasteiger partial charge in [0.15, 0.2) is 0 Å². The number of nitrogens with two attached hydrogens (primary N) is 1. The average Bonchev–Trinajstić information content (AvgIpc) is 2.43. The summed E-state index contributed by atoms with van der Waals surface area (Å²) >= 11 is 5.99. The van der Waals surface area contributed by atoms with Gasteiger partial charge in [0.25, 0.3) is 0 Å². The summed E-state index contributed by atoms with van der Waals surface area (Å²) in [6, 6.07) is 2.68. The lowest BCUT2D eigenvalue weighted by Crippen LogP contribution is -2.36. The monoisotopic (exact) mass is 334 g/mol. The Morgan fingerprint density at radius 1 is 1.43 bits per heavy atom. The van der Waals surface area contributed by atoms with Gasteiger partial charge in [0, 0.05) is 17.3 Å². The van der Waals surface area contributed by atoms with Gasteiger partial charge in [-0.3, -0.25) is 4.79 Å². The zero-order valence-corrected chi connectivity index (χ0v) is 13.8. The molecule has 1 aromatic rings. The second-order valence-corrected chi connectivity index (χ2v) is 6.88. The fraction of sp³-hybridized carbons (Fsp3) is 0.462. The maximum Gasteiger partial charge on any atom is 0.321 e. The quantitative estimate of drug-likeness (QED) is 0.633. The Labute approximate surface area is 129 Å². The lowest BCUT2D eigenvalue weighted by atomic mass is 10.2. The topological polar surface area (TPSA) is 89.7 Å². The molecule has 0 heterocycles. The van der Waals surface area contributed by atoms with Gasteiger partial charge in [-0.2, -0.15) is 4.31 Å². The Balaban J connectivity index is 3.25. The van der Waals surface area contributed by atoms with E-state index < -0.39 is 16.0 Å². The van der Waals surface area contributed by atoms with Crippen molar-refractivity contribution in [2.75, 3.05) is 25.9 Å². The molecule has 0 bridgehead atoms. The van der Waals surface area contributed by atoms with Crippen molar-refractivity contribution in [1.82, 2.24) is 4.31 Å². The number of ether oxygens (including phenoxy) is 1. The number of hydrogen-bond donors (Lipinski definition) is 1. The summed E-state index contributed by atoms with van der Waals surface area (Å²) in [5, 5.41) is 0.267. The van der Waals surface area contributed by atoms with Crippen molar-refractivity contribution in [1.29, 1.82) is 0 Å². The van der Waals surface area contributed by atoms with Crippen LogP contribution in [0.3, 0.4) is 0 Å². The van der Waals surface area contributed by atoms with Crippen LogP contribution in [0.4, 0.5) is 5.69 Å². The first-order valence-electron chi connectivity index (χ1n) is 6.36. The number of nitrogen functional groups attached to an aromatic ring is 1. The third-order valence-electron chi connectivity index (χ3n) is 3.00. The Morgan fingerprint density at radius 3 is 2.52 bits per heavy atom. The normalized spacial score (nSPS) is 11.7. The Hall–Kier alpha value is -1.31. The van der Waals surface area contributed by atoms with Gasteiger partial charge in [0.2, 0.25) is 10.0 Å². The third kappa shape index (κ3) is 4.09. The molecule has 0 atom stereocenters. The Morgan fingerprint density at radius 2 is 2.05 bits per heavy atom. The summed E-state index contributed by atoms with van der Waals surface area (Å²) in [5.74, 6) is -0.627. The molecule has 0 aliphatic heterocycles. The van der Waals surface area contributed by atoms with Crippen LogP contribution in [-0.2, 0) is 19.6 Å². The van der Waals surface area contributed by atoms with E-state index in [-0.39, 0.29) is 28.7 Å². The van der Waals surface area contributed by atoms with Crippen molar-refractivity contribution in [3.05, 3.63) is 22.7 Å². The minimum Gasteiger partial charge on any atom is -0.468 e. The van der Waals surface area contributed by atoms with E-state index in [1.807, 2.05) is 6.92 Å². The van der Waals surface area contributed by atoms with Crippen LogP contribution in [-0.4, -0.2) is 38.9 Å². The number of halogens is 1. The van der Waals surface area contributed by atoms with Crippen molar-refractivity contribution >= 4 is 33.3 Å². The fourth-order valence-corrected chi connectivity index (χ4v) is 3.54. The van der Waals surface area contributed by atoms with Crippen LogP contribution in [0.5, 0.6) is 0 Å². The molecule has 0 radical (unpaired) electrons. The molecule has 0 aliphatic carbocycles. The van der Waals surface area contributed by atoms with Crippen molar-refractivity contribution < 1.29 is 17.9 Å². The largest absolute Gasteiger partial charge is 0.468 e. The smallest absolute Gasteiger partial charge is 0.321 e. The molecule has 8 heteroatoms. The number of carbonyl (C=O) groups excluding carboxylic acids is 1. The maximum atomic E-state index is 12.6. The van der Waals surface area contributed by atoms with Crippen molar-refractivity contribution in [2.45, 2.75) is 25.2 Å². The van der Waals surface area contributed by atoms with Crippen LogP contribution in [0.15, 0.2) is 17.0 Å². The molecule has 21 heavy (non-hydrogen) atoms. The molecular formula is C13H19ClN2O4S. The molecule has 118 valence electrons. The van der Waals surface area contributed by atoms with E-state index >= 15 is 0 Å². The summed E-state index contributed by atoms with van der Waals surface area (Å²) in [7, 11) is -2.65. The van der Waals surface area contributed by atoms with Gasteiger partial charge in [-0.15, -0.1) is 0 Å². The molecule has 0 spiro atoms. The predicted octanol–water partition coefficient (Wildman–Crippen LogP) is 1.80. The first-order chi connectivity index (χ1) is 9.73. The molecule has 0 aliphatic rings. The predicted molar refractivity (Wildman–Crippen MR) is 81.7 cm³/mol. The number of anilines is 1. The molecule has 0 unspecified atom stereocenters. The van der Waals surface area contributed by atoms with Crippen LogP contribution in [0.2, 0.25) is 5.02 Å². The van der Waals surface area contributed by atoms with E-state index in [0.29, 0.717) is 12.0 Å². The lowest BCUT2D eigenvalue weighted by molar-refractivity contribution is -0.140. The van der Waals surface area contributed by atoms with Gasteiger partial charge in [-0.1, -0.05) is 18.5 Å². The number of esters is 1. The number of methoxy groups -OCH3 is 1. The fourth-order valence-electron chi connectivity index (χ4n) is 1.71. The van der Waals surface area contributed by atoms with E-state index in [1.54, 1.807) is 6.92 Å². The van der Waals surface area contributed by atoms with Gasteiger partial charge in [-0.25, -0.2) is 8.42 Å². The molecule has 0 saturated carbocycles. The highest BCUT2D eigenvalue weighted by Crippen LogP contribution is 2.27. The number of rotatable bonds is 6. The van der Waals surface area contributed by atoms with Gasteiger partial charge in [0.05, 0.1) is 12.0 Å². The molecule has 2 N–H and O–H groups in total. The first kappa shape index (κ1) is 17.7. The van der Waals surface area contributed by atoms with E-state index in [1.165, 1.54) is 19.2 Å². The molecule has 0 saturated heterocycles. The van der Waals surface area contributed by atoms with E-state index in [4.69, 9.17) is 17.3 Å². The van der Waals surface area contributed by atoms with Gasteiger partial charge in [-0.05, 0) is 31.0 Å². The van der Waals surface area contributed by atoms with Crippen molar-refractivity contribution in [3.8, 4) is 0 Å². The molecule has 0 fully saturated rings. The summed E-state index contributed by atoms with van der Waals surface area (Å²) in [6.07, 6.45) is 0.561. The molecule has 0 aromatic heterocycles. The summed E-state index contributed by atoms with van der Waals surface area (Å²) in [6.45, 7) is 3.36. The zero-order valence-electron chi connectivity index (χ0n) is 12.2. The summed E-state index contributed by atoms with van der Waals surface area (Å²) in [4.78, 5) is 11.3. The highest BCUT2D eigenvalue weighted by atomic mass is 35.5. The van der Waals surface area contributed by atoms with Gasteiger partial charge in [0.1, 0.15) is 6.54 Å². The number of hydrogen-bond acceptors (Lipinski definition) is 5. The average molecular weight is 335 g/mol. The SMILES string of the molecule is CCCN(CC(=O)OC)S(=O)(=O)c1cc(N)c(C)c(Cl)c1. The molecule has 0 amide bonds. The molecule has 1 rings (SSSR count). The third-order valence-corrected chi connectivity index (χ3v) is 5.22. The van der Waals surface area contributed by atoms with E-state index in [0.717, 1.165) is 4.31 Å². The minimum absolute atomic E-state index is 0.0343.